The molecule has 2 N–H and O–H groups in total. The summed E-state index contributed by atoms with van der Waals surface area (Å²) in [6.45, 7) is 5.56. The van der Waals surface area contributed by atoms with Crippen LogP contribution in [0.5, 0.6) is 0 Å². The molecule has 0 amide bonds. The van der Waals surface area contributed by atoms with Crippen LogP contribution < -0.4 is 5.73 Å². The Labute approximate surface area is 199 Å². The van der Waals surface area contributed by atoms with Crippen molar-refractivity contribution in [1.82, 2.24) is 0 Å². The van der Waals surface area contributed by atoms with Gasteiger partial charge in [-0.05, 0) is 18.9 Å². The molecule has 0 unspecified atom stereocenters. The second-order valence-electron chi connectivity index (χ2n) is 10.8. The molecule has 0 aliphatic heterocycles. The van der Waals surface area contributed by atoms with E-state index in [1.807, 2.05) is 0 Å². The lowest BCUT2D eigenvalue weighted by molar-refractivity contribution is 0.500. The minimum atomic E-state index is 0.874. The summed E-state index contributed by atoms with van der Waals surface area (Å²) in [4.78, 5) is 0. The second-order valence-corrected chi connectivity index (χ2v) is 10.8. The highest BCUT2D eigenvalue weighted by Gasteiger charge is 1.97. The Kier molecular flexibility index (Phi) is 28.0. The monoisotopic (exact) mass is 437 g/mol. The summed E-state index contributed by atoms with van der Waals surface area (Å²) in [5.41, 5.74) is 5.53. The van der Waals surface area contributed by atoms with Gasteiger partial charge in [-0.15, -0.1) is 0 Å². The molecule has 0 spiro atoms. The van der Waals surface area contributed by atoms with Crippen molar-refractivity contribution in [1.29, 1.82) is 0 Å². The van der Waals surface area contributed by atoms with Gasteiger partial charge in [0, 0.05) is 0 Å². The fraction of sp³-hybridized carbons (Fsp3) is 1.00. The summed E-state index contributed by atoms with van der Waals surface area (Å²) in [6.07, 6.45) is 37.8. The van der Waals surface area contributed by atoms with Crippen LogP contribution in [0.4, 0.5) is 0 Å². The second kappa shape index (κ2) is 28.0. The van der Waals surface area contributed by atoms with Crippen LogP contribution in [-0.4, -0.2) is 6.54 Å². The van der Waals surface area contributed by atoms with Crippen molar-refractivity contribution in [2.75, 3.05) is 6.54 Å². The smallest absolute Gasteiger partial charge is 0.00773 e. The van der Waals surface area contributed by atoms with Crippen molar-refractivity contribution >= 4 is 0 Å². The molecule has 1 nitrogen and oxygen atoms in total. The van der Waals surface area contributed by atoms with Crippen molar-refractivity contribution in [3.05, 3.63) is 0 Å². The van der Waals surface area contributed by atoms with E-state index in [4.69, 9.17) is 5.73 Å². The summed E-state index contributed by atoms with van der Waals surface area (Å²) >= 11 is 0. The first-order chi connectivity index (χ1) is 15.3. The molecule has 188 valence electrons. The summed E-state index contributed by atoms with van der Waals surface area (Å²) in [5, 5.41) is 0. The van der Waals surface area contributed by atoms with E-state index in [1.54, 1.807) is 0 Å². The fourth-order valence-electron chi connectivity index (χ4n) is 4.76. The lowest BCUT2D eigenvalue weighted by atomic mass is 10.0. The highest BCUT2D eigenvalue weighted by molar-refractivity contribution is 4.52. The SMILES string of the molecule is CC(C)CCCCCCCCCCCCCCCCCCCCCCCCCCCN. The van der Waals surface area contributed by atoms with Gasteiger partial charge in [0.15, 0.2) is 0 Å². The molecule has 1 heteroatoms. The van der Waals surface area contributed by atoms with Crippen LogP contribution in [0.15, 0.2) is 0 Å². The number of rotatable bonds is 27. The van der Waals surface area contributed by atoms with E-state index in [-0.39, 0.29) is 0 Å². The molecule has 31 heavy (non-hydrogen) atoms. The van der Waals surface area contributed by atoms with Crippen LogP contribution in [0, 0.1) is 5.92 Å². The summed E-state index contributed by atoms with van der Waals surface area (Å²) in [6, 6.07) is 0. The van der Waals surface area contributed by atoms with E-state index < -0.39 is 0 Å². The van der Waals surface area contributed by atoms with E-state index in [0.29, 0.717) is 0 Å². The maximum absolute atomic E-state index is 5.53. The molecular weight excluding hydrogens is 374 g/mol. The van der Waals surface area contributed by atoms with Crippen LogP contribution in [0.25, 0.3) is 0 Å². The highest BCUT2D eigenvalue weighted by atomic mass is 14.5. The van der Waals surface area contributed by atoms with E-state index >= 15 is 0 Å². The van der Waals surface area contributed by atoms with Gasteiger partial charge in [0.25, 0.3) is 0 Å². The molecule has 0 aromatic rings. The van der Waals surface area contributed by atoms with Crippen molar-refractivity contribution in [3.63, 3.8) is 0 Å². The van der Waals surface area contributed by atoms with Gasteiger partial charge in [-0.25, -0.2) is 0 Å². The molecule has 0 fully saturated rings. The average molecular weight is 438 g/mol. The quantitative estimate of drug-likeness (QED) is 0.127. The Morgan fingerprint density at radius 2 is 0.516 bits per heavy atom. The van der Waals surface area contributed by atoms with Gasteiger partial charge in [-0.2, -0.15) is 0 Å². The Morgan fingerprint density at radius 1 is 0.323 bits per heavy atom. The molecule has 0 aromatic carbocycles. The first kappa shape index (κ1) is 31.0. The highest BCUT2D eigenvalue weighted by Crippen LogP contribution is 2.16. The Morgan fingerprint density at radius 3 is 0.710 bits per heavy atom. The summed E-state index contributed by atoms with van der Waals surface area (Å²) in [5.74, 6) is 0.895. The van der Waals surface area contributed by atoms with Gasteiger partial charge in [-0.3, -0.25) is 0 Å². The number of unbranched alkanes of at least 4 members (excludes halogenated alkanes) is 24. The van der Waals surface area contributed by atoms with Crippen molar-refractivity contribution < 1.29 is 0 Å². The van der Waals surface area contributed by atoms with Gasteiger partial charge in [-0.1, -0.05) is 174 Å². The molecule has 0 heterocycles. The average Bonchev–Trinajstić information content (AvgIpc) is 2.76. The van der Waals surface area contributed by atoms with Crippen LogP contribution in [0.1, 0.15) is 181 Å². The molecule has 0 rings (SSSR count). The molecule has 0 atom stereocenters. The fourth-order valence-corrected chi connectivity index (χ4v) is 4.76. The van der Waals surface area contributed by atoms with E-state index in [0.717, 1.165) is 12.5 Å². The Bertz CT molecular complexity index is 299. The largest absolute Gasteiger partial charge is 0.330 e. The molecule has 0 saturated carbocycles. The normalized spacial score (nSPS) is 11.6. The van der Waals surface area contributed by atoms with E-state index in [9.17, 15) is 0 Å². The van der Waals surface area contributed by atoms with Crippen LogP contribution in [0.2, 0.25) is 0 Å². The van der Waals surface area contributed by atoms with Crippen molar-refractivity contribution in [2.45, 2.75) is 181 Å². The number of hydrogen-bond donors (Lipinski definition) is 1. The number of hydrogen-bond acceptors (Lipinski definition) is 1. The van der Waals surface area contributed by atoms with Gasteiger partial charge in [0.05, 0.1) is 0 Å². The zero-order valence-corrected chi connectivity index (χ0v) is 22.2. The predicted octanol–water partition coefficient (Wildman–Crippen LogP) is 10.7. The standard InChI is InChI=1S/C30H63N/c1-30(2)28-26-24-22-20-18-16-14-12-10-8-6-4-3-5-7-9-11-13-15-17-19-21-23-25-27-29-31/h30H,3-29,31H2,1-2H3. The zero-order chi connectivity index (χ0) is 22.7. The minimum Gasteiger partial charge on any atom is -0.330 e. The lowest BCUT2D eigenvalue weighted by Crippen LogP contribution is -1.97. The molecule has 0 aromatic heterocycles. The van der Waals surface area contributed by atoms with Crippen molar-refractivity contribution in [3.8, 4) is 0 Å². The molecule has 0 saturated heterocycles. The molecule has 0 bridgehead atoms. The van der Waals surface area contributed by atoms with Gasteiger partial charge < -0.3 is 5.73 Å². The lowest BCUT2D eigenvalue weighted by Gasteiger charge is -2.05. The van der Waals surface area contributed by atoms with E-state index in [2.05, 4.69) is 13.8 Å². The topological polar surface area (TPSA) is 26.0 Å². The molecule has 0 aliphatic rings. The minimum absolute atomic E-state index is 0.874. The first-order valence-electron chi connectivity index (χ1n) is 15.0. The third kappa shape index (κ3) is 30.0. The van der Waals surface area contributed by atoms with Gasteiger partial charge in [0.1, 0.15) is 0 Å². The molecule has 0 aliphatic carbocycles. The van der Waals surface area contributed by atoms with Crippen LogP contribution in [0.3, 0.4) is 0 Å². The zero-order valence-electron chi connectivity index (χ0n) is 22.2. The van der Waals surface area contributed by atoms with Crippen LogP contribution >= 0.6 is 0 Å². The third-order valence-electron chi connectivity index (χ3n) is 6.99. The number of nitrogens with two attached hydrogens (primary N) is 1. The van der Waals surface area contributed by atoms with Gasteiger partial charge in [0.2, 0.25) is 0 Å². The molecule has 0 radical (unpaired) electrons. The van der Waals surface area contributed by atoms with E-state index in [1.165, 1.54) is 167 Å². The Balaban J connectivity index is 2.99. The summed E-state index contributed by atoms with van der Waals surface area (Å²) < 4.78 is 0. The van der Waals surface area contributed by atoms with Crippen LogP contribution in [-0.2, 0) is 0 Å². The van der Waals surface area contributed by atoms with Gasteiger partial charge >= 0.3 is 0 Å². The molecular formula is C30H63N. The van der Waals surface area contributed by atoms with Crippen molar-refractivity contribution in [2.24, 2.45) is 11.7 Å². The Hall–Kier alpha value is -0.0400. The third-order valence-corrected chi connectivity index (χ3v) is 6.99. The predicted molar refractivity (Wildman–Crippen MR) is 144 cm³/mol. The maximum Gasteiger partial charge on any atom is -0.00773 e. The maximum atomic E-state index is 5.53. The first-order valence-corrected chi connectivity index (χ1v) is 15.0. The summed E-state index contributed by atoms with van der Waals surface area (Å²) in [7, 11) is 0.